The molecule has 34 heavy (non-hydrogen) atoms. The zero-order valence-corrected chi connectivity index (χ0v) is 19.2. The van der Waals surface area contributed by atoms with Crippen LogP contribution in [0.3, 0.4) is 0 Å². The first-order valence-corrected chi connectivity index (χ1v) is 10.8. The van der Waals surface area contributed by atoms with Crippen LogP contribution in [0.5, 0.6) is 5.88 Å². The van der Waals surface area contributed by atoms with Gasteiger partial charge in [-0.05, 0) is 26.0 Å². The molecule has 0 bridgehead atoms. The molecule has 0 saturated heterocycles. The summed E-state index contributed by atoms with van der Waals surface area (Å²) in [4.78, 5) is 29.7. The number of hydrogen-bond acceptors (Lipinski definition) is 9. The minimum absolute atomic E-state index is 0.138. The van der Waals surface area contributed by atoms with Crippen LogP contribution in [0.25, 0.3) is 16.7 Å². The number of anilines is 1. The van der Waals surface area contributed by atoms with E-state index in [0.717, 1.165) is 0 Å². The van der Waals surface area contributed by atoms with Crippen molar-refractivity contribution in [2.75, 3.05) is 18.5 Å². The third-order valence-corrected chi connectivity index (χ3v) is 5.10. The number of aliphatic hydroxyl groups excluding tert-OH is 1. The lowest BCUT2D eigenvalue weighted by atomic mass is 10.3. The molecule has 2 N–H and O–H groups in total. The van der Waals surface area contributed by atoms with Gasteiger partial charge >= 0.3 is 0 Å². The average molecular weight is 484 g/mol. The number of nitrogens with zero attached hydrogens (tertiary/aromatic N) is 6. The molecule has 0 spiro atoms. The van der Waals surface area contributed by atoms with Crippen LogP contribution >= 0.6 is 11.6 Å². The molecule has 0 fully saturated rings. The first-order chi connectivity index (χ1) is 16.5. The normalized spacial score (nSPS) is 12.9. The van der Waals surface area contributed by atoms with Gasteiger partial charge in [-0.25, -0.2) is 19.6 Å². The van der Waals surface area contributed by atoms with Gasteiger partial charge in [-0.1, -0.05) is 23.7 Å². The van der Waals surface area contributed by atoms with Crippen LogP contribution in [0, 0.1) is 6.92 Å². The van der Waals surface area contributed by atoms with Gasteiger partial charge in [0.1, 0.15) is 11.7 Å². The lowest BCUT2D eigenvalue weighted by Gasteiger charge is -2.20. The van der Waals surface area contributed by atoms with Gasteiger partial charge in [-0.3, -0.25) is 9.78 Å². The predicted octanol–water partition coefficient (Wildman–Crippen LogP) is 2.35. The zero-order valence-electron chi connectivity index (χ0n) is 18.4. The Morgan fingerprint density at radius 1 is 1.18 bits per heavy atom. The molecule has 1 amide bonds. The van der Waals surface area contributed by atoms with Crippen molar-refractivity contribution in [3.8, 4) is 11.6 Å². The van der Waals surface area contributed by atoms with Gasteiger partial charge < -0.3 is 19.9 Å². The molecule has 1 aromatic carbocycles. The maximum absolute atomic E-state index is 13.0. The fourth-order valence-corrected chi connectivity index (χ4v) is 3.20. The van der Waals surface area contributed by atoms with E-state index in [-0.39, 0.29) is 24.9 Å². The Labute approximate surface area is 199 Å². The fraction of sp³-hybridized carbons (Fsp3) is 0.273. The Bertz CT molecular complexity index is 1280. The van der Waals surface area contributed by atoms with Crippen LogP contribution < -0.4 is 10.1 Å². The standard InChI is InChI=1S/C22H22ClN7O4/c1-13-7-25-19(9-24-13)29-21(32)18(11-33-14(2)10-31)34-22-15-8-28-30(20(15)26-12-27-22)17-6-4-3-5-16(17)23/h3-9,12,14,18,31H,10-11H2,1-2H3,(H,25,29,32)/t14-,18+/m1/s1. The van der Waals surface area contributed by atoms with E-state index in [9.17, 15) is 9.90 Å². The van der Waals surface area contributed by atoms with Crippen LogP contribution in [0.4, 0.5) is 5.82 Å². The Morgan fingerprint density at radius 2 is 2.00 bits per heavy atom. The Kier molecular flexibility index (Phi) is 7.26. The van der Waals surface area contributed by atoms with Crippen molar-refractivity contribution in [1.82, 2.24) is 29.7 Å². The number of benzene rings is 1. The van der Waals surface area contributed by atoms with Crippen molar-refractivity contribution in [3.63, 3.8) is 0 Å². The van der Waals surface area contributed by atoms with Crippen molar-refractivity contribution < 1.29 is 19.4 Å². The highest BCUT2D eigenvalue weighted by atomic mass is 35.5. The number of halogens is 1. The van der Waals surface area contributed by atoms with E-state index < -0.39 is 18.1 Å². The topological polar surface area (TPSA) is 137 Å². The summed E-state index contributed by atoms with van der Waals surface area (Å²) in [5.41, 5.74) is 1.80. The number of amides is 1. The van der Waals surface area contributed by atoms with Crippen LogP contribution in [0.2, 0.25) is 5.02 Å². The highest BCUT2D eigenvalue weighted by Gasteiger charge is 2.25. The van der Waals surface area contributed by atoms with Crippen molar-refractivity contribution in [2.45, 2.75) is 26.1 Å². The Balaban J connectivity index is 1.62. The summed E-state index contributed by atoms with van der Waals surface area (Å²) in [5.74, 6) is -0.119. The van der Waals surface area contributed by atoms with Crippen molar-refractivity contribution in [2.24, 2.45) is 0 Å². The molecule has 0 aliphatic rings. The van der Waals surface area contributed by atoms with Gasteiger partial charge in [-0.15, -0.1) is 0 Å². The molecule has 0 aliphatic carbocycles. The number of rotatable bonds is 9. The van der Waals surface area contributed by atoms with Crippen LogP contribution in [0.1, 0.15) is 12.6 Å². The maximum atomic E-state index is 13.0. The minimum Gasteiger partial charge on any atom is -0.461 e. The van der Waals surface area contributed by atoms with Crippen LogP contribution in [-0.4, -0.2) is 66.2 Å². The molecule has 176 valence electrons. The van der Waals surface area contributed by atoms with Gasteiger partial charge in [0.05, 0.1) is 54.3 Å². The number of hydrogen-bond donors (Lipinski definition) is 2. The van der Waals surface area contributed by atoms with E-state index in [4.69, 9.17) is 21.1 Å². The van der Waals surface area contributed by atoms with Crippen molar-refractivity contribution >= 4 is 34.4 Å². The molecule has 0 saturated carbocycles. The average Bonchev–Trinajstić information content (AvgIpc) is 3.28. The number of carbonyl (C=O) groups is 1. The van der Waals surface area contributed by atoms with E-state index in [1.165, 1.54) is 24.9 Å². The van der Waals surface area contributed by atoms with E-state index >= 15 is 0 Å². The van der Waals surface area contributed by atoms with Gasteiger partial charge in [0, 0.05) is 0 Å². The predicted molar refractivity (Wildman–Crippen MR) is 124 cm³/mol. The maximum Gasteiger partial charge on any atom is 0.269 e. The quantitative estimate of drug-likeness (QED) is 0.367. The molecular weight excluding hydrogens is 462 g/mol. The molecule has 0 radical (unpaired) electrons. The summed E-state index contributed by atoms with van der Waals surface area (Å²) < 4.78 is 13.1. The van der Waals surface area contributed by atoms with E-state index in [0.29, 0.717) is 27.4 Å². The molecule has 3 heterocycles. The summed E-state index contributed by atoms with van der Waals surface area (Å²) in [7, 11) is 0. The third-order valence-electron chi connectivity index (χ3n) is 4.78. The number of fused-ring (bicyclic) bond motifs is 1. The monoisotopic (exact) mass is 483 g/mol. The molecule has 0 unspecified atom stereocenters. The number of para-hydroxylation sites is 1. The lowest BCUT2D eigenvalue weighted by Crippen LogP contribution is -2.38. The van der Waals surface area contributed by atoms with Gasteiger partial charge in [0.15, 0.2) is 11.5 Å². The second-order valence-electron chi connectivity index (χ2n) is 7.39. The number of aliphatic hydroxyl groups is 1. The first-order valence-electron chi connectivity index (χ1n) is 10.4. The number of aromatic nitrogens is 6. The molecular formula is C22H22ClN7O4. The van der Waals surface area contributed by atoms with Crippen molar-refractivity contribution in [3.05, 3.63) is 59.9 Å². The third kappa shape index (κ3) is 5.28. The number of ether oxygens (including phenoxy) is 2. The Hall–Kier alpha value is -3.67. The largest absolute Gasteiger partial charge is 0.461 e. The van der Waals surface area contributed by atoms with Gasteiger partial charge in [-0.2, -0.15) is 5.10 Å². The zero-order chi connectivity index (χ0) is 24.1. The van der Waals surface area contributed by atoms with E-state index in [1.807, 2.05) is 12.1 Å². The summed E-state index contributed by atoms with van der Waals surface area (Å²) in [6, 6.07) is 7.20. The molecule has 4 rings (SSSR count). The minimum atomic E-state index is -1.11. The highest BCUT2D eigenvalue weighted by molar-refractivity contribution is 6.32. The number of carbonyl (C=O) groups excluding carboxylic acids is 1. The van der Waals surface area contributed by atoms with Gasteiger partial charge in [0.2, 0.25) is 12.0 Å². The summed E-state index contributed by atoms with van der Waals surface area (Å²) in [6.07, 6.45) is 4.21. The molecule has 0 aliphatic heterocycles. The molecule has 4 aromatic rings. The molecule has 2 atom stereocenters. The van der Waals surface area contributed by atoms with Gasteiger partial charge in [0.25, 0.3) is 5.91 Å². The molecule has 11 nitrogen and oxygen atoms in total. The van der Waals surface area contributed by atoms with Crippen LogP contribution in [0.15, 0.2) is 49.2 Å². The lowest BCUT2D eigenvalue weighted by molar-refractivity contribution is -0.127. The number of aryl methyl sites for hydroxylation is 1. The summed E-state index contributed by atoms with van der Waals surface area (Å²) in [5, 5.41) is 17.3. The summed E-state index contributed by atoms with van der Waals surface area (Å²) in [6.45, 7) is 3.12. The van der Waals surface area contributed by atoms with E-state index in [2.05, 4.69) is 30.4 Å². The Morgan fingerprint density at radius 3 is 2.74 bits per heavy atom. The van der Waals surface area contributed by atoms with Crippen molar-refractivity contribution in [1.29, 1.82) is 0 Å². The smallest absolute Gasteiger partial charge is 0.269 e. The highest BCUT2D eigenvalue weighted by Crippen LogP contribution is 2.27. The molecule has 12 heteroatoms. The second kappa shape index (κ2) is 10.5. The van der Waals surface area contributed by atoms with Crippen LogP contribution in [-0.2, 0) is 9.53 Å². The second-order valence-corrected chi connectivity index (χ2v) is 7.80. The fourth-order valence-electron chi connectivity index (χ4n) is 2.98. The SMILES string of the molecule is Cc1cnc(NC(=O)[C@H](CO[C@H](C)CO)Oc2ncnc3c2cnn3-c2ccccc2Cl)cn1. The first kappa shape index (κ1) is 23.5. The van der Waals surface area contributed by atoms with E-state index in [1.54, 1.807) is 30.7 Å². The number of nitrogens with one attached hydrogen (secondary N) is 1. The molecule has 3 aromatic heterocycles. The summed E-state index contributed by atoms with van der Waals surface area (Å²) >= 11 is 6.32.